The number of hydrogen-bond acceptors (Lipinski definition) is 2. The Morgan fingerprint density at radius 2 is 1.90 bits per heavy atom. The Balaban J connectivity index is 1.87. The second-order valence-corrected chi connectivity index (χ2v) is 4.43. The number of amides is 1. The molecule has 0 saturated heterocycles. The fourth-order valence-electron chi connectivity index (χ4n) is 2.15. The van der Waals surface area contributed by atoms with Gasteiger partial charge in [0.1, 0.15) is 5.75 Å². The van der Waals surface area contributed by atoms with Crippen molar-refractivity contribution in [3.8, 4) is 5.75 Å². The van der Waals surface area contributed by atoms with Gasteiger partial charge in [0, 0.05) is 17.3 Å². The van der Waals surface area contributed by atoms with Crippen LogP contribution in [0.4, 0.5) is 5.69 Å². The zero-order valence-electron chi connectivity index (χ0n) is 11.0. The molecule has 4 nitrogen and oxygen atoms in total. The lowest BCUT2D eigenvalue weighted by molar-refractivity contribution is 0.102. The fourth-order valence-corrected chi connectivity index (χ4v) is 2.15. The number of nitrogens with one attached hydrogen (secondary N) is 2. The lowest BCUT2D eigenvalue weighted by Gasteiger charge is -2.07. The van der Waals surface area contributed by atoms with E-state index >= 15 is 0 Å². The maximum absolute atomic E-state index is 12.3. The van der Waals surface area contributed by atoms with Gasteiger partial charge in [0.25, 0.3) is 5.91 Å². The van der Waals surface area contributed by atoms with Crippen LogP contribution in [0.1, 0.15) is 10.4 Å². The number of methoxy groups -OCH3 is 1. The van der Waals surface area contributed by atoms with Crippen molar-refractivity contribution in [3.05, 3.63) is 60.3 Å². The standard InChI is InChI=1S/C16H14N2O2/c1-20-13-7-5-12(6-8-13)18-16(19)14-4-2-3-11-9-10-17-15(11)14/h2-10,17H,1H3,(H,18,19). The average Bonchev–Trinajstić information content (AvgIpc) is 2.96. The van der Waals surface area contributed by atoms with Crippen molar-refractivity contribution in [1.29, 1.82) is 0 Å². The van der Waals surface area contributed by atoms with Gasteiger partial charge >= 0.3 is 0 Å². The molecule has 0 bridgehead atoms. The quantitative estimate of drug-likeness (QED) is 0.763. The number of para-hydroxylation sites is 1. The molecule has 0 aliphatic carbocycles. The van der Waals surface area contributed by atoms with Crippen molar-refractivity contribution >= 4 is 22.5 Å². The van der Waals surface area contributed by atoms with Gasteiger partial charge in [-0.15, -0.1) is 0 Å². The highest BCUT2D eigenvalue weighted by Crippen LogP contribution is 2.20. The summed E-state index contributed by atoms with van der Waals surface area (Å²) in [5, 5.41) is 3.90. The third-order valence-corrected chi connectivity index (χ3v) is 3.18. The van der Waals surface area contributed by atoms with Gasteiger partial charge in [-0.25, -0.2) is 0 Å². The second-order valence-electron chi connectivity index (χ2n) is 4.43. The molecule has 4 heteroatoms. The van der Waals surface area contributed by atoms with Gasteiger partial charge in [-0.05, 0) is 36.4 Å². The third-order valence-electron chi connectivity index (χ3n) is 3.18. The summed E-state index contributed by atoms with van der Waals surface area (Å²) < 4.78 is 5.09. The van der Waals surface area contributed by atoms with Crippen LogP contribution in [0.3, 0.4) is 0 Å². The molecule has 100 valence electrons. The number of benzene rings is 2. The number of hydrogen-bond donors (Lipinski definition) is 2. The molecule has 3 rings (SSSR count). The summed E-state index contributed by atoms with van der Waals surface area (Å²) >= 11 is 0. The Morgan fingerprint density at radius 3 is 2.65 bits per heavy atom. The van der Waals surface area contributed by atoms with Crippen molar-refractivity contribution in [2.45, 2.75) is 0 Å². The average molecular weight is 266 g/mol. The van der Waals surface area contributed by atoms with Crippen LogP contribution < -0.4 is 10.1 Å². The van der Waals surface area contributed by atoms with Crippen LogP contribution >= 0.6 is 0 Å². The van der Waals surface area contributed by atoms with Gasteiger partial charge < -0.3 is 15.0 Å². The molecule has 2 aromatic carbocycles. The number of aromatic nitrogens is 1. The van der Waals surface area contributed by atoms with Crippen LogP contribution in [0, 0.1) is 0 Å². The summed E-state index contributed by atoms with van der Waals surface area (Å²) in [7, 11) is 1.61. The second kappa shape index (κ2) is 5.09. The molecule has 0 aliphatic heterocycles. The molecule has 0 fully saturated rings. The van der Waals surface area contributed by atoms with Crippen LogP contribution in [-0.2, 0) is 0 Å². The molecule has 0 unspecified atom stereocenters. The first-order chi connectivity index (χ1) is 9.78. The highest BCUT2D eigenvalue weighted by molar-refractivity contribution is 6.11. The van der Waals surface area contributed by atoms with Crippen LogP contribution in [0.15, 0.2) is 54.7 Å². The van der Waals surface area contributed by atoms with E-state index in [0.29, 0.717) is 5.56 Å². The molecule has 3 aromatic rings. The predicted molar refractivity (Wildman–Crippen MR) is 79.2 cm³/mol. The van der Waals surface area contributed by atoms with E-state index in [9.17, 15) is 4.79 Å². The van der Waals surface area contributed by atoms with E-state index in [4.69, 9.17) is 4.74 Å². The Bertz CT molecular complexity index is 745. The Morgan fingerprint density at radius 1 is 1.10 bits per heavy atom. The number of H-pyrrole nitrogens is 1. The Labute approximate surface area is 116 Å². The number of ether oxygens (including phenoxy) is 1. The highest BCUT2D eigenvalue weighted by Gasteiger charge is 2.10. The zero-order valence-corrected chi connectivity index (χ0v) is 11.0. The van der Waals surface area contributed by atoms with E-state index in [1.165, 1.54) is 0 Å². The molecule has 0 radical (unpaired) electrons. The van der Waals surface area contributed by atoms with E-state index in [1.54, 1.807) is 13.2 Å². The molecule has 2 N–H and O–H groups in total. The van der Waals surface area contributed by atoms with E-state index in [1.807, 2.05) is 48.7 Å². The van der Waals surface area contributed by atoms with Gasteiger partial charge in [0.2, 0.25) is 0 Å². The molecule has 1 aromatic heterocycles. The minimum absolute atomic E-state index is 0.136. The number of carbonyl (C=O) groups is 1. The minimum atomic E-state index is -0.136. The summed E-state index contributed by atoms with van der Waals surface area (Å²) in [4.78, 5) is 15.4. The first kappa shape index (κ1) is 12.3. The Kier molecular flexibility index (Phi) is 3.13. The molecular weight excluding hydrogens is 252 g/mol. The van der Waals surface area contributed by atoms with E-state index in [-0.39, 0.29) is 5.91 Å². The smallest absolute Gasteiger partial charge is 0.257 e. The van der Waals surface area contributed by atoms with Crippen LogP contribution in [0.2, 0.25) is 0 Å². The van der Waals surface area contributed by atoms with E-state index in [2.05, 4.69) is 10.3 Å². The first-order valence-corrected chi connectivity index (χ1v) is 6.29. The maximum atomic E-state index is 12.3. The minimum Gasteiger partial charge on any atom is -0.497 e. The fraction of sp³-hybridized carbons (Fsp3) is 0.0625. The predicted octanol–water partition coefficient (Wildman–Crippen LogP) is 3.43. The largest absolute Gasteiger partial charge is 0.497 e. The summed E-state index contributed by atoms with van der Waals surface area (Å²) in [6.45, 7) is 0. The number of fused-ring (bicyclic) bond motifs is 1. The monoisotopic (exact) mass is 266 g/mol. The topological polar surface area (TPSA) is 54.1 Å². The van der Waals surface area contributed by atoms with E-state index in [0.717, 1.165) is 22.3 Å². The van der Waals surface area contributed by atoms with Crippen LogP contribution in [-0.4, -0.2) is 18.0 Å². The van der Waals surface area contributed by atoms with Crippen molar-refractivity contribution < 1.29 is 9.53 Å². The number of anilines is 1. The number of rotatable bonds is 3. The van der Waals surface area contributed by atoms with Crippen molar-refractivity contribution in [2.75, 3.05) is 12.4 Å². The van der Waals surface area contributed by atoms with Crippen LogP contribution in [0.5, 0.6) is 5.75 Å². The van der Waals surface area contributed by atoms with Gasteiger partial charge in [0.05, 0.1) is 18.2 Å². The molecule has 1 heterocycles. The SMILES string of the molecule is COc1ccc(NC(=O)c2cccc3cc[nH]c23)cc1. The molecule has 1 amide bonds. The zero-order chi connectivity index (χ0) is 13.9. The van der Waals surface area contributed by atoms with Crippen LogP contribution in [0.25, 0.3) is 10.9 Å². The van der Waals surface area contributed by atoms with E-state index < -0.39 is 0 Å². The molecule has 0 saturated carbocycles. The summed E-state index contributed by atoms with van der Waals surface area (Å²) in [5.41, 5.74) is 2.21. The molecule has 0 atom stereocenters. The highest BCUT2D eigenvalue weighted by atomic mass is 16.5. The summed E-state index contributed by atoms with van der Waals surface area (Å²) in [6.07, 6.45) is 1.83. The Hall–Kier alpha value is -2.75. The summed E-state index contributed by atoms with van der Waals surface area (Å²) in [6, 6.07) is 14.8. The number of aromatic amines is 1. The maximum Gasteiger partial charge on any atom is 0.257 e. The normalized spacial score (nSPS) is 10.4. The van der Waals surface area contributed by atoms with Gasteiger partial charge in [0.15, 0.2) is 0 Å². The molecule has 0 spiro atoms. The van der Waals surface area contributed by atoms with Gasteiger partial charge in [-0.3, -0.25) is 4.79 Å². The van der Waals surface area contributed by atoms with Crippen molar-refractivity contribution in [3.63, 3.8) is 0 Å². The number of carbonyl (C=O) groups excluding carboxylic acids is 1. The summed E-state index contributed by atoms with van der Waals surface area (Å²) in [5.74, 6) is 0.623. The first-order valence-electron chi connectivity index (χ1n) is 6.29. The third kappa shape index (κ3) is 2.23. The molecule has 20 heavy (non-hydrogen) atoms. The van der Waals surface area contributed by atoms with Crippen molar-refractivity contribution in [2.24, 2.45) is 0 Å². The van der Waals surface area contributed by atoms with Gasteiger partial charge in [-0.1, -0.05) is 12.1 Å². The molecular formula is C16H14N2O2. The molecule has 0 aliphatic rings. The lowest BCUT2D eigenvalue weighted by Crippen LogP contribution is -2.12. The van der Waals surface area contributed by atoms with Crippen molar-refractivity contribution in [1.82, 2.24) is 4.98 Å². The van der Waals surface area contributed by atoms with Gasteiger partial charge in [-0.2, -0.15) is 0 Å². The lowest BCUT2D eigenvalue weighted by atomic mass is 10.1.